The van der Waals surface area contributed by atoms with Gasteiger partial charge in [0.1, 0.15) is 5.75 Å². The molecule has 0 radical (unpaired) electrons. The van der Waals surface area contributed by atoms with Gasteiger partial charge in [-0.15, -0.1) is 0 Å². The van der Waals surface area contributed by atoms with Crippen molar-refractivity contribution in [1.82, 2.24) is 10.2 Å². The third kappa shape index (κ3) is 4.44. The van der Waals surface area contributed by atoms with Crippen molar-refractivity contribution in [2.75, 3.05) is 32.8 Å². The summed E-state index contributed by atoms with van der Waals surface area (Å²) in [5, 5.41) is 3.28. The van der Waals surface area contributed by atoms with Gasteiger partial charge in [-0.25, -0.2) is 0 Å². The molecule has 110 valence electrons. The minimum Gasteiger partial charge on any atom is -0.481 e. The number of benzene rings is 1. The van der Waals surface area contributed by atoms with Gasteiger partial charge in [0.15, 0.2) is 6.61 Å². The molecular weight excluding hydrogens is 456 g/mol. The maximum atomic E-state index is 12.1. The third-order valence-corrected chi connectivity index (χ3v) is 4.63. The summed E-state index contributed by atoms with van der Waals surface area (Å²) in [4.78, 5) is 14.0. The third-order valence-electron chi connectivity index (χ3n) is 3.00. The number of halogens is 3. The van der Waals surface area contributed by atoms with Gasteiger partial charge >= 0.3 is 0 Å². The van der Waals surface area contributed by atoms with Crippen LogP contribution in [-0.2, 0) is 4.79 Å². The Labute approximate surface area is 143 Å². The van der Waals surface area contributed by atoms with E-state index in [1.807, 2.05) is 17.0 Å². The van der Waals surface area contributed by atoms with E-state index in [4.69, 9.17) is 4.74 Å². The van der Waals surface area contributed by atoms with Gasteiger partial charge in [0, 0.05) is 24.1 Å². The van der Waals surface area contributed by atoms with Crippen molar-refractivity contribution in [3.05, 3.63) is 25.6 Å². The van der Waals surface area contributed by atoms with Gasteiger partial charge in [0.2, 0.25) is 0 Å². The highest BCUT2D eigenvalue weighted by Gasteiger charge is 2.17. The van der Waals surface area contributed by atoms with Crippen LogP contribution >= 0.6 is 47.8 Å². The Kier molecular flexibility index (Phi) is 6.32. The Morgan fingerprint density at radius 1 is 1.20 bits per heavy atom. The highest BCUT2D eigenvalue weighted by atomic mass is 79.9. The SMILES string of the molecule is O=C(COc1c(Br)cc(Br)cc1Br)N1CCCNCC1. The second-order valence-corrected chi connectivity index (χ2v) is 7.10. The van der Waals surface area contributed by atoms with Crippen LogP contribution in [0.25, 0.3) is 0 Å². The normalized spacial score (nSPS) is 15.8. The number of ether oxygens (including phenoxy) is 1. The molecule has 1 aliphatic rings. The van der Waals surface area contributed by atoms with E-state index in [2.05, 4.69) is 53.1 Å². The average Bonchev–Trinajstić information content (AvgIpc) is 2.66. The fourth-order valence-corrected chi connectivity index (χ4v) is 4.47. The molecule has 2 rings (SSSR count). The lowest BCUT2D eigenvalue weighted by atomic mass is 10.3. The lowest BCUT2D eigenvalue weighted by Crippen LogP contribution is -2.37. The number of carbonyl (C=O) groups excluding carboxylic acids is 1. The van der Waals surface area contributed by atoms with Crippen LogP contribution in [0.5, 0.6) is 5.75 Å². The molecule has 1 fully saturated rings. The largest absolute Gasteiger partial charge is 0.481 e. The maximum Gasteiger partial charge on any atom is 0.260 e. The van der Waals surface area contributed by atoms with Crippen LogP contribution in [0.3, 0.4) is 0 Å². The zero-order chi connectivity index (χ0) is 14.5. The summed E-state index contributed by atoms with van der Waals surface area (Å²) in [6.45, 7) is 3.40. The predicted molar refractivity (Wildman–Crippen MR) is 89.1 cm³/mol. The van der Waals surface area contributed by atoms with Crippen molar-refractivity contribution in [3.63, 3.8) is 0 Å². The fourth-order valence-electron chi connectivity index (χ4n) is 1.99. The summed E-state index contributed by atoms with van der Waals surface area (Å²) in [5.41, 5.74) is 0. The molecule has 1 aromatic rings. The summed E-state index contributed by atoms with van der Waals surface area (Å²) in [6.07, 6.45) is 0.984. The lowest BCUT2D eigenvalue weighted by molar-refractivity contribution is -0.133. The molecule has 0 saturated carbocycles. The van der Waals surface area contributed by atoms with Crippen molar-refractivity contribution in [1.29, 1.82) is 0 Å². The van der Waals surface area contributed by atoms with Crippen molar-refractivity contribution in [2.24, 2.45) is 0 Å². The van der Waals surface area contributed by atoms with Gasteiger partial charge in [-0.1, -0.05) is 15.9 Å². The molecule has 0 spiro atoms. The van der Waals surface area contributed by atoms with Gasteiger partial charge < -0.3 is 15.0 Å². The molecule has 0 aromatic heterocycles. The van der Waals surface area contributed by atoms with E-state index in [0.29, 0.717) is 5.75 Å². The second kappa shape index (κ2) is 7.77. The van der Waals surface area contributed by atoms with Gasteiger partial charge in [0.25, 0.3) is 5.91 Å². The number of hydrogen-bond donors (Lipinski definition) is 1. The Bertz CT molecular complexity index is 465. The van der Waals surface area contributed by atoms with E-state index in [1.165, 1.54) is 0 Å². The lowest BCUT2D eigenvalue weighted by Gasteiger charge is -2.20. The van der Waals surface area contributed by atoms with Crippen molar-refractivity contribution in [3.8, 4) is 5.75 Å². The summed E-state index contributed by atoms with van der Waals surface area (Å²) in [6, 6.07) is 3.78. The number of nitrogens with zero attached hydrogens (tertiary/aromatic N) is 1. The summed E-state index contributed by atoms with van der Waals surface area (Å²) in [5.74, 6) is 0.671. The first-order valence-corrected chi connectivity index (χ1v) is 8.71. The molecule has 1 amide bonds. The minimum absolute atomic E-state index is 0.0235. The first-order chi connectivity index (χ1) is 9.58. The zero-order valence-electron chi connectivity index (χ0n) is 10.8. The minimum atomic E-state index is 0.0235. The van der Waals surface area contributed by atoms with E-state index in [1.54, 1.807) is 0 Å². The topological polar surface area (TPSA) is 41.6 Å². The highest BCUT2D eigenvalue weighted by molar-refractivity contribution is 9.11. The van der Waals surface area contributed by atoms with E-state index >= 15 is 0 Å². The van der Waals surface area contributed by atoms with Crippen LogP contribution in [-0.4, -0.2) is 43.6 Å². The smallest absolute Gasteiger partial charge is 0.260 e. The quantitative estimate of drug-likeness (QED) is 0.737. The highest BCUT2D eigenvalue weighted by Crippen LogP contribution is 2.36. The molecular formula is C13H15Br3N2O2. The Hall–Kier alpha value is -0.110. The van der Waals surface area contributed by atoms with Crippen LogP contribution in [0.2, 0.25) is 0 Å². The first kappa shape index (κ1) is 16.3. The molecule has 0 bridgehead atoms. The molecule has 1 aromatic carbocycles. The Balaban J connectivity index is 1.96. The molecule has 1 aliphatic heterocycles. The van der Waals surface area contributed by atoms with E-state index in [9.17, 15) is 4.79 Å². The first-order valence-electron chi connectivity index (χ1n) is 6.34. The molecule has 20 heavy (non-hydrogen) atoms. The van der Waals surface area contributed by atoms with E-state index < -0.39 is 0 Å². The zero-order valence-corrected chi connectivity index (χ0v) is 15.6. The van der Waals surface area contributed by atoms with Crippen LogP contribution in [0, 0.1) is 0 Å². The molecule has 1 heterocycles. The number of carbonyl (C=O) groups is 1. The standard InChI is InChI=1S/C13H15Br3N2O2/c14-9-6-10(15)13(11(16)7-9)20-8-12(19)18-4-1-2-17-3-5-18/h6-7,17H,1-5,8H2. The Morgan fingerprint density at radius 3 is 2.60 bits per heavy atom. The number of nitrogens with one attached hydrogen (secondary N) is 1. The van der Waals surface area contributed by atoms with Gasteiger partial charge in [0.05, 0.1) is 8.95 Å². The van der Waals surface area contributed by atoms with Gasteiger partial charge in [-0.2, -0.15) is 0 Å². The molecule has 0 unspecified atom stereocenters. The molecule has 4 nitrogen and oxygen atoms in total. The molecule has 1 N–H and O–H groups in total. The van der Waals surface area contributed by atoms with Crippen LogP contribution in [0.15, 0.2) is 25.6 Å². The van der Waals surface area contributed by atoms with Crippen molar-refractivity contribution >= 4 is 53.7 Å². The van der Waals surface area contributed by atoms with Crippen molar-refractivity contribution < 1.29 is 9.53 Å². The van der Waals surface area contributed by atoms with Crippen LogP contribution in [0.4, 0.5) is 0 Å². The summed E-state index contributed by atoms with van der Waals surface area (Å²) >= 11 is 10.3. The maximum absolute atomic E-state index is 12.1. The van der Waals surface area contributed by atoms with Crippen molar-refractivity contribution in [2.45, 2.75) is 6.42 Å². The molecule has 0 atom stereocenters. The average molecular weight is 471 g/mol. The van der Waals surface area contributed by atoms with Crippen LogP contribution in [0.1, 0.15) is 6.42 Å². The van der Waals surface area contributed by atoms with Gasteiger partial charge in [-0.3, -0.25) is 4.79 Å². The van der Waals surface area contributed by atoms with Crippen LogP contribution < -0.4 is 10.1 Å². The number of hydrogen-bond acceptors (Lipinski definition) is 3. The summed E-state index contributed by atoms with van der Waals surface area (Å²) < 4.78 is 8.21. The monoisotopic (exact) mass is 468 g/mol. The Morgan fingerprint density at radius 2 is 1.90 bits per heavy atom. The predicted octanol–water partition coefficient (Wildman–Crippen LogP) is 3.17. The van der Waals surface area contributed by atoms with E-state index in [0.717, 1.165) is 46.0 Å². The molecule has 0 aliphatic carbocycles. The second-order valence-electron chi connectivity index (χ2n) is 4.47. The molecule has 1 saturated heterocycles. The molecule has 7 heteroatoms. The fraction of sp³-hybridized carbons (Fsp3) is 0.462. The van der Waals surface area contributed by atoms with Gasteiger partial charge in [-0.05, 0) is 57.0 Å². The van der Waals surface area contributed by atoms with E-state index in [-0.39, 0.29) is 12.5 Å². The number of amides is 1. The summed E-state index contributed by atoms with van der Waals surface area (Å²) in [7, 11) is 0. The number of rotatable bonds is 3.